The molecule has 0 aliphatic carbocycles. The Bertz CT molecular complexity index is 337. The molecule has 0 spiro atoms. The van der Waals surface area contributed by atoms with Gasteiger partial charge in [0.15, 0.2) is 17.4 Å². The fourth-order valence-corrected chi connectivity index (χ4v) is 0.913. The van der Waals surface area contributed by atoms with Crippen LogP contribution in [0.3, 0.4) is 0 Å². The van der Waals surface area contributed by atoms with Crippen LogP contribution in [0.1, 0.15) is 18.6 Å². The van der Waals surface area contributed by atoms with E-state index < -0.39 is 34.9 Å². The van der Waals surface area contributed by atoms with E-state index in [1.54, 1.807) is 0 Å². The monoisotopic (exact) mass is 192 g/mol. The van der Waals surface area contributed by atoms with Crippen molar-refractivity contribution in [1.29, 1.82) is 0 Å². The number of phenols is 1. The minimum atomic E-state index is -1.65. The highest BCUT2D eigenvalue weighted by Gasteiger charge is 2.20. The van der Waals surface area contributed by atoms with Gasteiger partial charge in [0.25, 0.3) is 0 Å². The zero-order valence-corrected chi connectivity index (χ0v) is 6.68. The molecule has 1 atom stereocenters. The van der Waals surface area contributed by atoms with E-state index >= 15 is 0 Å². The van der Waals surface area contributed by atoms with Gasteiger partial charge in [-0.05, 0) is 13.0 Å². The smallest absolute Gasteiger partial charge is 0.203 e. The van der Waals surface area contributed by atoms with Gasteiger partial charge in [0.1, 0.15) is 0 Å². The predicted molar refractivity (Wildman–Crippen MR) is 38.6 cm³/mol. The Labute approximate surface area is 72.2 Å². The number of hydrogen-bond donors (Lipinski definition) is 2. The molecule has 0 fully saturated rings. The molecule has 0 saturated heterocycles. The Morgan fingerprint density at radius 2 is 1.77 bits per heavy atom. The third-order valence-electron chi connectivity index (χ3n) is 1.61. The normalized spacial score (nSPS) is 13.0. The second-order valence-corrected chi connectivity index (χ2v) is 2.60. The van der Waals surface area contributed by atoms with E-state index in [0.29, 0.717) is 6.07 Å². The maximum Gasteiger partial charge on any atom is 0.203 e. The molecule has 0 radical (unpaired) electrons. The van der Waals surface area contributed by atoms with Crippen molar-refractivity contribution in [2.75, 3.05) is 0 Å². The largest absolute Gasteiger partial charge is 0.503 e. The van der Waals surface area contributed by atoms with Gasteiger partial charge in [-0.1, -0.05) is 0 Å². The molecule has 0 amide bonds. The topological polar surface area (TPSA) is 40.5 Å². The first-order valence-electron chi connectivity index (χ1n) is 3.49. The SMILES string of the molecule is CC(O)c1cc(F)c(F)c(O)c1F. The number of rotatable bonds is 1. The van der Waals surface area contributed by atoms with E-state index in [0.717, 1.165) is 0 Å². The van der Waals surface area contributed by atoms with Crippen molar-refractivity contribution in [3.8, 4) is 5.75 Å². The summed E-state index contributed by atoms with van der Waals surface area (Å²) >= 11 is 0. The van der Waals surface area contributed by atoms with E-state index in [-0.39, 0.29) is 0 Å². The average molecular weight is 192 g/mol. The molecule has 72 valence electrons. The first-order chi connectivity index (χ1) is 5.95. The Balaban J connectivity index is 3.41. The fourth-order valence-electron chi connectivity index (χ4n) is 0.913. The quantitative estimate of drug-likeness (QED) is 0.667. The first-order valence-corrected chi connectivity index (χ1v) is 3.49. The van der Waals surface area contributed by atoms with Crippen molar-refractivity contribution in [2.45, 2.75) is 13.0 Å². The van der Waals surface area contributed by atoms with Gasteiger partial charge in [-0.2, -0.15) is 4.39 Å². The molecule has 0 saturated carbocycles. The molecular formula is C8H7F3O2. The number of aliphatic hydroxyl groups is 1. The van der Waals surface area contributed by atoms with Gasteiger partial charge in [0.2, 0.25) is 5.82 Å². The lowest BCUT2D eigenvalue weighted by Gasteiger charge is -2.08. The fraction of sp³-hybridized carbons (Fsp3) is 0.250. The standard InChI is InChI=1S/C8H7F3O2/c1-3(12)4-2-5(9)7(11)8(13)6(4)10/h2-3,12-13H,1H3. The maximum atomic E-state index is 12.9. The van der Waals surface area contributed by atoms with E-state index in [4.69, 9.17) is 10.2 Å². The molecule has 1 unspecified atom stereocenters. The summed E-state index contributed by atoms with van der Waals surface area (Å²) in [5, 5.41) is 17.6. The van der Waals surface area contributed by atoms with Crippen LogP contribution in [0.15, 0.2) is 6.07 Å². The van der Waals surface area contributed by atoms with E-state index in [1.165, 1.54) is 6.92 Å². The van der Waals surface area contributed by atoms with Crippen LogP contribution in [0.4, 0.5) is 13.2 Å². The summed E-state index contributed by atoms with van der Waals surface area (Å²) in [4.78, 5) is 0. The number of phenolic OH excluding ortho intramolecular Hbond substituents is 1. The van der Waals surface area contributed by atoms with Crippen molar-refractivity contribution in [1.82, 2.24) is 0 Å². The second kappa shape index (κ2) is 3.26. The summed E-state index contributed by atoms with van der Waals surface area (Å²) in [6.45, 7) is 1.18. The lowest BCUT2D eigenvalue weighted by Crippen LogP contribution is -2.00. The minimum absolute atomic E-state index is 0.476. The minimum Gasteiger partial charge on any atom is -0.503 e. The highest BCUT2D eigenvalue weighted by Crippen LogP contribution is 2.28. The van der Waals surface area contributed by atoms with Crippen LogP contribution in [0.2, 0.25) is 0 Å². The van der Waals surface area contributed by atoms with Crippen LogP contribution in [0, 0.1) is 17.5 Å². The Morgan fingerprint density at radius 3 is 2.23 bits per heavy atom. The van der Waals surface area contributed by atoms with Gasteiger partial charge in [0, 0.05) is 5.56 Å². The predicted octanol–water partition coefficient (Wildman–Crippen LogP) is 1.86. The molecule has 1 aromatic rings. The van der Waals surface area contributed by atoms with Gasteiger partial charge in [-0.25, -0.2) is 8.78 Å². The molecule has 1 rings (SSSR count). The number of hydrogen-bond acceptors (Lipinski definition) is 2. The zero-order chi connectivity index (χ0) is 10.2. The van der Waals surface area contributed by atoms with Gasteiger partial charge in [-0.3, -0.25) is 0 Å². The van der Waals surface area contributed by atoms with Crippen molar-refractivity contribution >= 4 is 0 Å². The summed E-state index contributed by atoms with van der Waals surface area (Å²) in [6.07, 6.45) is -1.30. The molecule has 0 aliphatic heterocycles. The molecular weight excluding hydrogens is 185 g/mol. The highest BCUT2D eigenvalue weighted by atomic mass is 19.2. The molecule has 5 heteroatoms. The highest BCUT2D eigenvalue weighted by molar-refractivity contribution is 5.33. The van der Waals surface area contributed by atoms with E-state index in [1.807, 2.05) is 0 Å². The van der Waals surface area contributed by atoms with Crippen LogP contribution in [0.25, 0.3) is 0 Å². The maximum absolute atomic E-state index is 12.9. The second-order valence-electron chi connectivity index (χ2n) is 2.60. The van der Waals surface area contributed by atoms with Crippen LogP contribution < -0.4 is 0 Å². The van der Waals surface area contributed by atoms with Gasteiger partial charge in [0.05, 0.1) is 6.10 Å². The van der Waals surface area contributed by atoms with Crippen molar-refractivity contribution in [3.63, 3.8) is 0 Å². The first kappa shape index (κ1) is 9.85. The molecule has 0 heterocycles. The summed E-state index contributed by atoms with van der Waals surface area (Å²) in [5.41, 5.74) is -0.476. The van der Waals surface area contributed by atoms with Gasteiger partial charge in [-0.15, -0.1) is 0 Å². The summed E-state index contributed by atoms with van der Waals surface area (Å²) in [5.74, 6) is -5.79. The lowest BCUT2D eigenvalue weighted by molar-refractivity contribution is 0.191. The third-order valence-corrected chi connectivity index (χ3v) is 1.61. The Hall–Kier alpha value is -1.23. The summed E-state index contributed by atoms with van der Waals surface area (Å²) in [7, 11) is 0. The molecule has 1 aromatic carbocycles. The lowest BCUT2D eigenvalue weighted by atomic mass is 10.1. The Morgan fingerprint density at radius 1 is 1.23 bits per heavy atom. The molecule has 13 heavy (non-hydrogen) atoms. The van der Waals surface area contributed by atoms with Crippen molar-refractivity contribution in [3.05, 3.63) is 29.1 Å². The van der Waals surface area contributed by atoms with E-state index in [9.17, 15) is 13.2 Å². The van der Waals surface area contributed by atoms with Crippen LogP contribution in [0.5, 0.6) is 5.75 Å². The number of benzene rings is 1. The van der Waals surface area contributed by atoms with Gasteiger partial charge >= 0.3 is 0 Å². The molecule has 2 N–H and O–H groups in total. The van der Waals surface area contributed by atoms with Gasteiger partial charge < -0.3 is 10.2 Å². The van der Waals surface area contributed by atoms with Crippen LogP contribution in [-0.2, 0) is 0 Å². The molecule has 0 bridgehead atoms. The number of halogens is 3. The molecule has 0 aliphatic rings. The third kappa shape index (κ3) is 1.60. The summed E-state index contributed by atoms with van der Waals surface area (Å²) in [6, 6.07) is 0.509. The van der Waals surface area contributed by atoms with Crippen LogP contribution >= 0.6 is 0 Å². The number of aliphatic hydroxyl groups excluding tert-OH is 1. The average Bonchev–Trinajstić information content (AvgIpc) is 2.07. The van der Waals surface area contributed by atoms with Crippen molar-refractivity contribution < 1.29 is 23.4 Å². The Kier molecular flexibility index (Phi) is 2.47. The van der Waals surface area contributed by atoms with E-state index in [2.05, 4.69) is 0 Å². The molecule has 2 nitrogen and oxygen atoms in total. The molecule has 0 aromatic heterocycles. The summed E-state index contributed by atoms with van der Waals surface area (Å²) < 4.78 is 37.9. The number of aromatic hydroxyl groups is 1. The zero-order valence-electron chi connectivity index (χ0n) is 6.68. The van der Waals surface area contributed by atoms with Crippen molar-refractivity contribution in [2.24, 2.45) is 0 Å². The van der Waals surface area contributed by atoms with Crippen LogP contribution in [-0.4, -0.2) is 10.2 Å².